The molecule has 22 heavy (non-hydrogen) atoms. The molecular weight excluding hydrogens is 282 g/mol. The van der Waals surface area contributed by atoms with Crippen molar-refractivity contribution in [3.8, 4) is 12.3 Å². The first-order valence-electron chi connectivity index (χ1n) is 6.75. The fourth-order valence-electron chi connectivity index (χ4n) is 2.33. The minimum absolute atomic E-state index is 0.185. The lowest BCUT2D eigenvalue weighted by atomic mass is 10.2. The third-order valence-corrected chi connectivity index (χ3v) is 3.34. The number of fused-ring (bicyclic) bond motifs is 1. The molecule has 2 aromatic heterocycles. The number of carbonyl (C=O) groups is 2. The maximum Gasteiger partial charge on any atom is 0.328 e. The molecule has 2 aromatic rings. The summed E-state index contributed by atoms with van der Waals surface area (Å²) >= 11 is 0. The number of carbonyl (C=O) groups excluding carboxylic acids is 2. The molecule has 7 heteroatoms. The molecule has 7 nitrogen and oxygen atoms in total. The van der Waals surface area contributed by atoms with Crippen LogP contribution in [0.15, 0.2) is 24.0 Å². The summed E-state index contributed by atoms with van der Waals surface area (Å²) < 4.78 is 1.63. The smallest absolute Gasteiger partial charge is 0.303 e. The second-order valence-corrected chi connectivity index (χ2v) is 4.66. The first-order valence-corrected chi connectivity index (χ1v) is 6.75. The molecule has 1 aliphatic heterocycles. The minimum Gasteiger partial charge on any atom is -0.303 e. The molecule has 3 rings (SSSR count). The number of pyridine rings is 1. The Morgan fingerprint density at radius 2 is 2.27 bits per heavy atom. The lowest BCUT2D eigenvalue weighted by molar-refractivity contribution is -0.122. The normalized spacial score (nSPS) is 16.4. The van der Waals surface area contributed by atoms with Crippen LogP contribution < -0.4 is 5.32 Å². The number of imide groups is 1. The van der Waals surface area contributed by atoms with Gasteiger partial charge in [-0.2, -0.15) is 5.10 Å². The Bertz CT molecular complexity index is 843. The number of nitrogens with one attached hydrogen (secondary N) is 1. The van der Waals surface area contributed by atoms with Crippen molar-refractivity contribution in [2.24, 2.45) is 0 Å². The third-order valence-electron chi connectivity index (χ3n) is 3.34. The second kappa shape index (κ2) is 5.33. The van der Waals surface area contributed by atoms with Crippen molar-refractivity contribution in [2.45, 2.75) is 13.5 Å². The van der Waals surface area contributed by atoms with E-state index in [4.69, 9.17) is 6.42 Å². The number of nitrogens with zero attached hydrogens (tertiary/aromatic N) is 4. The number of aromatic nitrogens is 3. The first kappa shape index (κ1) is 13.8. The van der Waals surface area contributed by atoms with Gasteiger partial charge in [0, 0.05) is 12.7 Å². The van der Waals surface area contributed by atoms with Gasteiger partial charge in [-0.05, 0) is 25.1 Å². The van der Waals surface area contributed by atoms with Gasteiger partial charge in [0.25, 0.3) is 5.91 Å². The van der Waals surface area contributed by atoms with Gasteiger partial charge in [-0.25, -0.2) is 4.79 Å². The van der Waals surface area contributed by atoms with Crippen LogP contribution in [0.1, 0.15) is 12.6 Å². The zero-order valence-electron chi connectivity index (χ0n) is 11.9. The summed E-state index contributed by atoms with van der Waals surface area (Å²) in [6, 6.07) is 3.20. The fraction of sp³-hybridized carbons (Fsp3) is 0.200. The molecular formula is C15H13N5O2. The van der Waals surface area contributed by atoms with Gasteiger partial charge in [-0.1, -0.05) is 5.92 Å². The van der Waals surface area contributed by atoms with Gasteiger partial charge >= 0.3 is 6.03 Å². The molecule has 110 valence electrons. The van der Waals surface area contributed by atoms with Crippen LogP contribution in [0.4, 0.5) is 4.79 Å². The van der Waals surface area contributed by atoms with Crippen LogP contribution in [0, 0.1) is 12.3 Å². The van der Waals surface area contributed by atoms with Crippen molar-refractivity contribution in [1.29, 1.82) is 0 Å². The predicted molar refractivity (Wildman–Crippen MR) is 80.3 cm³/mol. The van der Waals surface area contributed by atoms with E-state index < -0.39 is 6.03 Å². The number of hydrogen-bond donors (Lipinski definition) is 1. The van der Waals surface area contributed by atoms with Gasteiger partial charge in [0.2, 0.25) is 0 Å². The second-order valence-electron chi connectivity index (χ2n) is 4.66. The van der Waals surface area contributed by atoms with Gasteiger partial charge in [-0.3, -0.25) is 19.4 Å². The number of amides is 3. The molecule has 0 radical (unpaired) electrons. The van der Waals surface area contributed by atoms with Crippen molar-refractivity contribution < 1.29 is 9.59 Å². The zero-order valence-corrected chi connectivity index (χ0v) is 11.9. The highest BCUT2D eigenvalue weighted by atomic mass is 16.2. The van der Waals surface area contributed by atoms with E-state index >= 15 is 0 Å². The predicted octanol–water partition coefficient (Wildman–Crippen LogP) is 0.977. The van der Waals surface area contributed by atoms with E-state index in [1.807, 2.05) is 6.07 Å². The number of rotatable bonds is 3. The molecule has 1 fully saturated rings. The Hall–Kier alpha value is -3.14. The fourth-order valence-corrected chi connectivity index (χ4v) is 2.33. The average Bonchev–Trinajstić information content (AvgIpc) is 2.99. The largest absolute Gasteiger partial charge is 0.328 e. The standard InChI is InChI=1S/C15H13N5O2/c1-3-8-20-12-6-5-7-16-13(12)10(18-20)9-11-14(21)19(4-2)15(22)17-11/h1,5-7,9H,4,8H2,2H3,(H,17,22)/b11-9-. The van der Waals surface area contributed by atoms with Crippen LogP contribution in [0.2, 0.25) is 0 Å². The highest BCUT2D eigenvalue weighted by Crippen LogP contribution is 2.20. The SMILES string of the molecule is C#CCn1nc(/C=C2\NC(=O)N(CC)C2=O)c2ncccc21. The highest BCUT2D eigenvalue weighted by molar-refractivity contribution is 6.14. The topological polar surface area (TPSA) is 80.1 Å². The minimum atomic E-state index is -0.431. The van der Waals surface area contributed by atoms with Gasteiger partial charge in [0.05, 0.1) is 5.52 Å². The third kappa shape index (κ3) is 2.11. The number of likely N-dealkylation sites (N-methyl/N-ethyl adjacent to an activating group) is 1. The zero-order chi connectivity index (χ0) is 15.7. The molecule has 0 aliphatic carbocycles. The van der Waals surface area contributed by atoms with Gasteiger partial charge in [0.1, 0.15) is 23.5 Å². The van der Waals surface area contributed by atoms with E-state index in [1.54, 1.807) is 23.9 Å². The lowest BCUT2D eigenvalue weighted by Crippen LogP contribution is -2.30. The number of hydrogen-bond acceptors (Lipinski definition) is 4. The Morgan fingerprint density at radius 1 is 1.45 bits per heavy atom. The summed E-state index contributed by atoms with van der Waals surface area (Å²) in [5, 5.41) is 6.91. The summed E-state index contributed by atoms with van der Waals surface area (Å²) in [5.74, 6) is 2.15. The van der Waals surface area contributed by atoms with Crippen molar-refractivity contribution in [2.75, 3.05) is 6.54 Å². The van der Waals surface area contributed by atoms with Crippen LogP contribution in [0.5, 0.6) is 0 Å². The van der Waals surface area contributed by atoms with Gasteiger partial charge in [0.15, 0.2) is 0 Å². The Kier molecular flexibility index (Phi) is 3.35. The van der Waals surface area contributed by atoms with E-state index in [0.717, 1.165) is 10.4 Å². The summed E-state index contributed by atoms with van der Waals surface area (Å²) in [6.07, 6.45) is 8.50. The quantitative estimate of drug-likeness (QED) is 0.520. The van der Waals surface area contributed by atoms with Crippen LogP contribution >= 0.6 is 0 Å². The lowest BCUT2D eigenvalue weighted by Gasteiger charge is -2.05. The van der Waals surface area contributed by atoms with Crippen molar-refractivity contribution in [3.05, 3.63) is 29.7 Å². The maximum absolute atomic E-state index is 12.1. The monoisotopic (exact) mass is 295 g/mol. The van der Waals surface area contributed by atoms with E-state index in [1.165, 1.54) is 6.08 Å². The Morgan fingerprint density at radius 3 is 2.95 bits per heavy atom. The molecule has 0 unspecified atom stereocenters. The summed E-state index contributed by atoms with van der Waals surface area (Å²) in [4.78, 5) is 29.2. The molecule has 1 N–H and O–H groups in total. The van der Waals surface area contributed by atoms with Crippen molar-refractivity contribution in [1.82, 2.24) is 25.0 Å². The molecule has 0 atom stereocenters. The maximum atomic E-state index is 12.1. The highest BCUT2D eigenvalue weighted by Gasteiger charge is 2.32. The van der Waals surface area contributed by atoms with Crippen LogP contribution in [0.3, 0.4) is 0 Å². The number of urea groups is 1. The van der Waals surface area contributed by atoms with E-state index in [-0.39, 0.29) is 11.6 Å². The van der Waals surface area contributed by atoms with Gasteiger partial charge in [-0.15, -0.1) is 6.42 Å². The molecule has 0 spiro atoms. The van der Waals surface area contributed by atoms with Gasteiger partial charge < -0.3 is 5.32 Å². The molecule has 0 saturated carbocycles. The summed E-state index contributed by atoms with van der Waals surface area (Å²) in [5.41, 5.74) is 2.08. The molecule has 1 aliphatic rings. The molecule has 0 aromatic carbocycles. The Labute approximate surface area is 126 Å². The van der Waals surface area contributed by atoms with Crippen molar-refractivity contribution in [3.63, 3.8) is 0 Å². The molecule has 1 saturated heterocycles. The average molecular weight is 295 g/mol. The Balaban J connectivity index is 2.08. The van der Waals surface area contributed by atoms with Crippen LogP contribution in [-0.2, 0) is 11.3 Å². The van der Waals surface area contributed by atoms with Crippen molar-refractivity contribution >= 4 is 29.0 Å². The first-order chi connectivity index (χ1) is 10.7. The van der Waals surface area contributed by atoms with E-state index in [0.29, 0.717) is 24.3 Å². The summed E-state index contributed by atoms with van der Waals surface area (Å²) in [6.45, 7) is 2.35. The van der Waals surface area contributed by atoms with E-state index in [2.05, 4.69) is 21.3 Å². The van der Waals surface area contributed by atoms with Crippen LogP contribution in [0.25, 0.3) is 17.1 Å². The van der Waals surface area contributed by atoms with Crippen LogP contribution in [-0.4, -0.2) is 38.1 Å². The van der Waals surface area contributed by atoms with E-state index in [9.17, 15) is 9.59 Å². The molecule has 3 amide bonds. The number of terminal acetylenes is 1. The molecule has 0 bridgehead atoms. The molecule has 3 heterocycles. The summed E-state index contributed by atoms with van der Waals surface area (Å²) in [7, 11) is 0.